The normalized spacial score (nSPS) is 12.7. The van der Waals surface area contributed by atoms with Crippen molar-refractivity contribution in [1.29, 1.82) is 0 Å². The molecule has 0 aliphatic carbocycles. The summed E-state index contributed by atoms with van der Waals surface area (Å²) in [6.07, 6.45) is 0. The fraction of sp³-hybridized carbons (Fsp3) is 0. The lowest BCUT2D eigenvalue weighted by atomic mass is 10.6. The molecule has 0 spiro atoms. The zero-order valence-electron chi connectivity index (χ0n) is 5.64. The van der Waals surface area contributed by atoms with Gasteiger partial charge in [-0.1, -0.05) is 13.2 Å². The lowest BCUT2D eigenvalue weighted by molar-refractivity contribution is 0.593. The Bertz CT molecular complexity index is 279. The molecular weight excluding hydrogens is 284 g/mol. The third kappa shape index (κ3) is 3.87. The second kappa shape index (κ2) is 4.09. The second-order valence-electron chi connectivity index (χ2n) is 1.82. The predicted octanol–water partition coefficient (Wildman–Crippen LogP) is 5.36. The SMILES string of the molecule is C=C(C(=C)P(=O)(Cl)Cl)P(=O)(Cl)Cl. The van der Waals surface area contributed by atoms with E-state index in [-0.39, 0.29) is 10.6 Å². The van der Waals surface area contributed by atoms with E-state index in [2.05, 4.69) is 13.2 Å². The first-order chi connectivity index (χ1) is 5.07. The Kier molecular flexibility index (Phi) is 4.46. The van der Waals surface area contributed by atoms with Gasteiger partial charge in [-0.25, -0.2) is 0 Å². The molecule has 0 atom stereocenters. The van der Waals surface area contributed by atoms with E-state index in [9.17, 15) is 9.13 Å². The van der Waals surface area contributed by atoms with E-state index in [0.29, 0.717) is 0 Å². The highest BCUT2D eigenvalue weighted by Crippen LogP contribution is 2.74. The molecular formula is C4H4Cl4O2P2. The van der Waals surface area contributed by atoms with Gasteiger partial charge in [0.2, 0.25) is 0 Å². The minimum atomic E-state index is -3.60. The van der Waals surface area contributed by atoms with Crippen LogP contribution in [0.1, 0.15) is 0 Å². The van der Waals surface area contributed by atoms with Gasteiger partial charge >= 0.3 is 0 Å². The summed E-state index contributed by atoms with van der Waals surface area (Å²) < 4.78 is 21.9. The van der Waals surface area contributed by atoms with Crippen LogP contribution in [0.2, 0.25) is 0 Å². The van der Waals surface area contributed by atoms with Crippen molar-refractivity contribution in [3.63, 3.8) is 0 Å². The third-order valence-corrected chi connectivity index (χ3v) is 5.38. The van der Waals surface area contributed by atoms with Crippen LogP contribution >= 0.6 is 56.7 Å². The molecule has 0 bridgehead atoms. The van der Waals surface area contributed by atoms with Gasteiger partial charge in [0.15, 0.2) is 0 Å². The molecule has 0 N–H and O–H groups in total. The molecule has 0 aliphatic heterocycles. The summed E-state index contributed by atoms with van der Waals surface area (Å²) in [7, 11) is 0. The largest absolute Gasteiger partial charge is 0.284 e. The number of allylic oxidation sites excluding steroid dienone is 2. The smallest absolute Gasteiger partial charge is 0.282 e. The Morgan fingerprint density at radius 1 is 0.833 bits per heavy atom. The Morgan fingerprint density at radius 3 is 1.08 bits per heavy atom. The summed E-state index contributed by atoms with van der Waals surface area (Å²) in [4.78, 5) is 0. The highest BCUT2D eigenvalue weighted by molar-refractivity contribution is 8.15. The number of hydrogen-bond acceptors (Lipinski definition) is 2. The molecule has 0 radical (unpaired) electrons. The molecule has 2 nitrogen and oxygen atoms in total. The van der Waals surface area contributed by atoms with Crippen LogP contribution in [0.15, 0.2) is 23.8 Å². The molecule has 0 rings (SSSR count). The molecule has 0 aromatic carbocycles. The molecule has 12 heavy (non-hydrogen) atoms. The number of rotatable bonds is 3. The van der Waals surface area contributed by atoms with Crippen molar-refractivity contribution >= 4 is 56.7 Å². The monoisotopic (exact) mass is 286 g/mol. The Hall–Kier alpha value is 1.10. The molecule has 0 amide bonds. The fourth-order valence-electron chi connectivity index (χ4n) is 0.300. The van der Waals surface area contributed by atoms with Crippen molar-refractivity contribution in [2.24, 2.45) is 0 Å². The third-order valence-electron chi connectivity index (χ3n) is 0.962. The summed E-state index contributed by atoms with van der Waals surface area (Å²) in [5, 5.41) is -0.557. The molecule has 0 unspecified atom stereocenters. The van der Waals surface area contributed by atoms with Gasteiger partial charge in [0.05, 0.1) is 0 Å². The number of hydrogen-bond donors (Lipinski definition) is 0. The molecule has 70 valence electrons. The first-order valence-corrected chi connectivity index (χ1v) is 9.48. The van der Waals surface area contributed by atoms with Gasteiger partial charge in [0, 0.05) is 10.6 Å². The van der Waals surface area contributed by atoms with Gasteiger partial charge in [-0.15, -0.1) is 0 Å². The molecule has 0 saturated carbocycles. The molecule has 0 fully saturated rings. The van der Waals surface area contributed by atoms with E-state index >= 15 is 0 Å². The van der Waals surface area contributed by atoms with Gasteiger partial charge in [0.25, 0.3) is 11.7 Å². The van der Waals surface area contributed by atoms with Crippen molar-refractivity contribution in [3.05, 3.63) is 23.8 Å². The molecule has 8 heteroatoms. The maximum atomic E-state index is 10.9. The van der Waals surface area contributed by atoms with Gasteiger partial charge in [-0.3, -0.25) is 9.13 Å². The van der Waals surface area contributed by atoms with Crippen LogP contribution in [0.4, 0.5) is 0 Å². The number of halogens is 4. The van der Waals surface area contributed by atoms with Crippen LogP contribution in [0.5, 0.6) is 0 Å². The van der Waals surface area contributed by atoms with Gasteiger partial charge in [0.1, 0.15) is 0 Å². The van der Waals surface area contributed by atoms with E-state index in [1.807, 2.05) is 0 Å². The van der Waals surface area contributed by atoms with E-state index in [4.69, 9.17) is 45.0 Å². The zero-order valence-corrected chi connectivity index (χ0v) is 10.4. The fourth-order valence-corrected chi connectivity index (χ4v) is 3.68. The molecule has 0 aromatic rings. The lowest BCUT2D eigenvalue weighted by Gasteiger charge is -2.09. The average molecular weight is 288 g/mol. The first kappa shape index (κ1) is 13.1. The second-order valence-corrected chi connectivity index (χ2v) is 11.5. The summed E-state index contributed by atoms with van der Waals surface area (Å²) in [5.41, 5.74) is 0. The van der Waals surface area contributed by atoms with Crippen LogP contribution in [-0.4, -0.2) is 0 Å². The highest BCUT2D eigenvalue weighted by atomic mass is 35.9. The van der Waals surface area contributed by atoms with E-state index in [0.717, 1.165) is 0 Å². The van der Waals surface area contributed by atoms with Crippen LogP contribution in [0.25, 0.3) is 0 Å². The topological polar surface area (TPSA) is 34.1 Å². The van der Waals surface area contributed by atoms with Crippen molar-refractivity contribution < 1.29 is 9.13 Å². The summed E-state index contributed by atoms with van der Waals surface area (Å²) >= 11 is 20.8. The van der Waals surface area contributed by atoms with Crippen LogP contribution in [0, 0.1) is 0 Å². The highest BCUT2D eigenvalue weighted by Gasteiger charge is 2.30. The van der Waals surface area contributed by atoms with Gasteiger partial charge in [-0.2, -0.15) is 0 Å². The summed E-state index contributed by atoms with van der Waals surface area (Å²) in [6, 6.07) is 0. The van der Waals surface area contributed by atoms with E-state index in [1.165, 1.54) is 0 Å². The zero-order chi connectivity index (χ0) is 10.2. The maximum absolute atomic E-state index is 10.9. The first-order valence-electron chi connectivity index (χ1n) is 2.45. The van der Waals surface area contributed by atoms with Crippen molar-refractivity contribution in [2.75, 3.05) is 0 Å². The van der Waals surface area contributed by atoms with Crippen molar-refractivity contribution in [3.8, 4) is 0 Å². The Balaban J connectivity index is 4.91. The summed E-state index contributed by atoms with van der Waals surface area (Å²) in [6.45, 7) is 6.45. The summed E-state index contributed by atoms with van der Waals surface area (Å²) in [5.74, 6) is -7.20. The predicted molar refractivity (Wildman–Crippen MR) is 56.9 cm³/mol. The minimum absolute atomic E-state index is 0.279. The standard InChI is InChI=1S/C4H4Cl4O2P2/c1-3(11(5,6)9)4(2)12(7,8)10/h1-2H2. The van der Waals surface area contributed by atoms with E-state index < -0.39 is 11.7 Å². The Labute approximate surface area is 89.4 Å². The molecule has 0 heterocycles. The van der Waals surface area contributed by atoms with Crippen LogP contribution < -0.4 is 0 Å². The molecule has 0 saturated heterocycles. The van der Waals surface area contributed by atoms with Gasteiger partial charge in [-0.05, 0) is 45.0 Å². The van der Waals surface area contributed by atoms with Crippen LogP contribution in [0.3, 0.4) is 0 Å². The van der Waals surface area contributed by atoms with Crippen LogP contribution in [-0.2, 0) is 9.13 Å². The molecule has 0 aromatic heterocycles. The minimum Gasteiger partial charge on any atom is -0.284 e. The average Bonchev–Trinajstić information content (AvgIpc) is 1.80. The van der Waals surface area contributed by atoms with E-state index in [1.54, 1.807) is 0 Å². The Morgan fingerprint density at radius 2 is 1.00 bits per heavy atom. The lowest BCUT2D eigenvalue weighted by Crippen LogP contribution is -1.77. The maximum Gasteiger partial charge on any atom is 0.282 e. The van der Waals surface area contributed by atoms with Crippen molar-refractivity contribution in [1.82, 2.24) is 0 Å². The quantitative estimate of drug-likeness (QED) is 0.517. The van der Waals surface area contributed by atoms with Gasteiger partial charge < -0.3 is 0 Å². The molecule has 0 aliphatic rings. The van der Waals surface area contributed by atoms with Crippen molar-refractivity contribution in [2.45, 2.75) is 0 Å².